The molecule has 0 bridgehead atoms. The van der Waals surface area contributed by atoms with Crippen molar-refractivity contribution in [3.63, 3.8) is 0 Å². The third kappa shape index (κ3) is 3.77. The Kier molecular flexibility index (Phi) is 7.13. The van der Waals surface area contributed by atoms with Crippen LogP contribution in [0, 0.1) is 7.43 Å². The summed E-state index contributed by atoms with van der Waals surface area (Å²) in [6.45, 7) is 0. The fraction of sp³-hybridized carbons (Fsp3) is 0.0667. The van der Waals surface area contributed by atoms with Crippen molar-refractivity contribution < 1.29 is 32.3 Å². The number of hydrogen-bond donors (Lipinski definition) is 1. The summed E-state index contributed by atoms with van der Waals surface area (Å²) in [7, 11) is 0. The smallest absolute Gasteiger partial charge is 0.315 e. The van der Waals surface area contributed by atoms with E-state index in [2.05, 4.69) is 0 Å². The molecule has 1 N–H and O–H groups in total. The van der Waals surface area contributed by atoms with Crippen LogP contribution in [0.25, 0.3) is 0 Å². The summed E-state index contributed by atoms with van der Waals surface area (Å²) in [6, 6.07) is 18.5. The number of rotatable bonds is 3. The molecule has 0 aliphatic carbocycles. The number of hydrogen-bond acceptors (Lipinski definition) is 1. The van der Waals surface area contributed by atoms with E-state index in [1.165, 1.54) is 0 Å². The Labute approximate surface area is 123 Å². The van der Waals surface area contributed by atoms with Crippen LogP contribution in [0.4, 0.5) is 0 Å². The number of carbonyl (C=O) groups is 1. The first-order chi connectivity index (χ1) is 7.79. The zero-order chi connectivity index (χ0) is 11.4. The molecule has 1 radical (unpaired) electrons. The Morgan fingerprint density at radius 1 is 0.833 bits per heavy atom. The maximum Gasteiger partial charge on any atom is 0.315 e. The van der Waals surface area contributed by atoms with Gasteiger partial charge in [0, 0.05) is 29.8 Å². The van der Waals surface area contributed by atoms with Crippen LogP contribution in [0.2, 0.25) is 0 Å². The Morgan fingerprint density at radius 2 is 1.17 bits per heavy atom. The first-order valence-electron chi connectivity index (χ1n) is 5.12. The van der Waals surface area contributed by atoms with Gasteiger partial charge in [0.25, 0.3) is 0 Å². The van der Waals surface area contributed by atoms with Crippen LogP contribution in [-0.2, 0) is 27.2 Å². The summed E-state index contributed by atoms with van der Waals surface area (Å²) in [5.74, 6) is -1.40. The minimum absolute atomic E-state index is 0. The van der Waals surface area contributed by atoms with Crippen LogP contribution in [0.5, 0.6) is 0 Å². The molecule has 0 saturated carbocycles. The van der Waals surface area contributed by atoms with Gasteiger partial charge in [-0.2, -0.15) is 0 Å². The Hall–Kier alpha value is -1.48. The molecule has 0 saturated heterocycles. The van der Waals surface area contributed by atoms with Gasteiger partial charge in [-0.25, -0.2) is 0 Å². The van der Waals surface area contributed by atoms with E-state index in [0.29, 0.717) is 0 Å². The summed E-state index contributed by atoms with van der Waals surface area (Å²) < 4.78 is 0. The van der Waals surface area contributed by atoms with Crippen LogP contribution in [0.3, 0.4) is 0 Å². The van der Waals surface area contributed by atoms with Gasteiger partial charge in [-0.05, 0) is 11.1 Å². The molecule has 0 atom stereocenters. The molecular formula is C15H15AgO2+. The molecule has 0 fully saturated rings. The molecule has 0 aliphatic heterocycles. The average Bonchev–Trinajstić information content (AvgIpc) is 2.31. The number of aliphatic carboxylic acids is 1. The molecule has 2 nitrogen and oxygen atoms in total. The second-order valence-corrected chi connectivity index (χ2v) is 3.59. The minimum Gasteiger partial charge on any atom is -0.481 e. The van der Waals surface area contributed by atoms with Crippen molar-refractivity contribution in [2.75, 3.05) is 0 Å². The van der Waals surface area contributed by atoms with Crippen LogP contribution in [-0.4, -0.2) is 11.1 Å². The third-order valence-corrected chi connectivity index (χ3v) is 2.51. The summed E-state index contributed by atoms with van der Waals surface area (Å²) in [5.41, 5.74) is 1.61. The van der Waals surface area contributed by atoms with E-state index in [1.54, 1.807) is 0 Å². The van der Waals surface area contributed by atoms with Crippen LogP contribution >= 0.6 is 0 Å². The molecule has 2 aromatic carbocycles. The molecule has 97 valence electrons. The van der Waals surface area contributed by atoms with E-state index >= 15 is 0 Å². The van der Waals surface area contributed by atoms with Crippen molar-refractivity contribution in [2.24, 2.45) is 0 Å². The van der Waals surface area contributed by atoms with Gasteiger partial charge in [0.15, 0.2) is 0 Å². The van der Waals surface area contributed by atoms with E-state index in [-0.39, 0.29) is 29.8 Å². The largest absolute Gasteiger partial charge is 0.481 e. The second-order valence-electron chi connectivity index (χ2n) is 3.59. The molecule has 18 heavy (non-hydrogen) atoms. The monoisotopic (exact) mass is 334 g/mol. The fourth-order valence-electron chi connectivity index (χ4n) is 1.77. The maximum absolute atomic E-state index is 11.3. The van der Waals surface area contributed by atoms with Gasteiger partial charge in [-0.1, -0.05) is 60.7 Å². The Bertz CT molecular complexity index is 429. The standard InChI is InChI=1S/C14H12O2.CH3.Ag/c15-14(16)13(11-7-3-1-4-8-11)12-9-5-2-6-10-12;;/h1-10,13H,(H,15,16);1H3;/q;+1;. The quantitative estimate of drug-likeness (QED) is 0.690. The topological polar surface area (TPSA) is 37.3 Å². The number of carboxylic acid groups (broad SMARTS) is 1. The average molecular weight is 335 g/mol. The molecule has 2 aromatic rings. The van der Waals surface area contributed by atoms with E-state index in [1.807, 2.05) is 60.7 Å². The van der Waals surface area contributed by atoms with E-state index in [4.69, 9.17) is 0 Å². The van der Waals surface area contributed by atoms with Crippen molar-refractivity contribution in [1.82, 2.24) is 0 Å². The van der Waals surface area contributed by atoms with E-state index < -0.39 is 11.9 Å². The van der Waals surface area contributed by atoms with Crippen LogP contribution in [0.15, 0.2) is 60.7 Å². The second kappa shape index (κ2) is 7.77. The predicted molar refractivity (Wildman–Crippen MR) is 68.8 cm³/mol. The van der Waals surface area contributed by atoms with Crippen LogP contribution < -0.4 is 0 Å². The van der Waals surface area contributed by atoms with Crippen molar-refractivity contribution in [2.45, 2.75) is 5.92 Å². The molecule has 0 unspecified atom stereocenters. The van der Waals surface area contributed by atoms with Crippen molar-refractivity contribution >= 4 is 5.97 Å². The van der Waals surface area contributed by atoms with Gasteiger partial charge >= 0.3 is 5.97 Å². The van der Waals surface area contributed by atoms with Gasteiger partial charge in [-0.15, -0.1) is 0 Å². The van der Waals surface area contributed by atoms with Gasteiger partial charge in [0.05, 0.1) is 0 Å². The number of benzene rings is 2. The van der Waals surface area contributed by atoms with Gasteiger partial charge < -0.3 is 5.11 Å². The first-order valence-corrected chi connectivity index (χ1v) is 5.12. The Morgan fingerprint density at radius 3 is 1.44 bits per heavy atom. The molecule has 0 aromatic heterocycles. The molecular weight excluding hydrogens is 320 g/mol. The zero-order valence-corrected chi connectivity index (χ0v) is 11.5. The summed E-state index contributed by atoms with van der Waals surface area (Å²) in [6.07, 6.45) is 0. The normalized spacial score (nSPS) is 9.17. The molecule has 0 amide bonds. The Balaban J connectivity index is 0.00000144. The summed E-state index contributed by atoms with van der Waals surface area (Å²) in [4.78, 5) is 11.3. The van der Waals surface area contributed by atoms with Crippen LogP contribution in [0.1, 0.15) is 17.0 Å². The third-order valence-electron chi connectivity index (χ3n) is 2.51. The predicted octanol–water partition coefficient (Wildman–Crippen LogP) is 3.35. The number of carboxylic acids is 1. The maximum atomic E-state index is 11.3. The van der Waals surface area contributed by atoms with Gasteiger partial charge in [0.2, 0.25) is 0 Å². The molecule has 0 aliphatic rings. The minimum atomic E-state index is -0.822. The first kappa shape index (κ1) is 16.5. The van der Waals surface area contributed by atoms with E-state index in [9.17, 15) is 9.90 Å². The van der Waals surface area contributed by atoms with Crippen molar-refractivity contribution in [1.29, 1.82) is 0 Å². The summed E-state index contributed by atoms with van der Waals surface area (Å²) in [5, 5.41) is 9.28. The fourth-order valence-corrected chi connectivity index (χ4v) is 1.77. The van der Waals surface area contributed by atoms with Gasteiger partial charge in [-0.3, -0.25) is 4.79 Å². The molecule has 3 heteroatoms. The van der Waals surface area contributed by atoms with Crippen molar-refractivity contribution in [3.05, 3.63) is 79.2 Å². The summed E-state index contributed by atoms with van der Waals surface area (Å²) >= 11 is 0. The SMILES string of the molecule is O=C(O)C(c1ccccc1)c1ccccc1.[Ag].[CH3+]. The van der Waals surface area contributed by atoms with E-state index in [0.717, 1.165) is 11.1 Å². The molecule has 0 heterocycles. The van der Waals surface area contributed by atoms with Crippen molar-refractivity contribution in [3.8, 4) is 0 Å². The zero-order valence-electron chi connectivity index (χ0n) is 10.0. The molecule has 0 spiro atoms. The molecule has 2 rings (SSSR count). The van der Waals surface area contributed by atoms with Gasteiger partial charge in [0.1, 0.15) is 5.92 Å².